The summed E-state index contributed by atoms with van der Waals surface area (Å²) in [6.45, 7) is 2.23. The topological polar surface area (TPSA) is 49.4 Å². The number of hydrogen-bond donors (Lipinski definition) is 1. The lowest BCUT2D eigenvalue weighted by atomic mass is 9.97. The molecule has 140 valence electrons. The summed E-state index contributed by atoms with van der Waals surface area (Å²) in [4.78, 5) is 26.6. The largest absolute Gasteiger partial charge is 0.352 e. The lowest BCUT2D eigenvalue weighted by Crippen LogP contribution is -2.27. The Morgan fingerprint density at radius 3 is 2.52 bits per heavy atom. The van der Waals surface area contributed by atoms with Crippen LogP contribution in [-0.4, -0.2) is 29.8 Å². The van der Waals surface area contributed by atoms with Crippen LogP contribution in [0.5, 0.6) is 0 Å². The van der Waals surface area contributed by atoms with Crippen molar-refractivity contribution in [3.8, 4) is 0 Å². The molecule has 1 N–H and O–H groups in total. The van der Waals surface area contributed by atoms with Gasteiger partial charge in [-0.05, 0) is 60.4 Å². The van der Waals surface area contributed by atoms with E-state index >= 15 is 0 Å². The zero-order valence-electron chi connectivity index (χ0n) is 15.6. The minimum atomic E-state index is 0.0916. The van der Waals surface area contributed by atoms with E-state index in [9.17, 15) is 9.59 Å². The van der Waals surface area contributed by atoms with Crippen molar-refractivity contribution in [1.82, 2.24) is 10.2 Å². The van der Waals surface area contributed by atoms with Crippen LogP contribution >= 0.6 is 0 Å². The molecule has 1 fully saturated rings. The van der Waals surface area contributed by atoms with E-state index in [1.807, 2.05) is 29.2 Å². The van der Waals surface area contributed by atoms with Crippen LogP contribution in [0.3, 0.4) is 0 Å². The average molecular weight is 362 g/mol. The molecule has 0 unspecified atom stereocenters. The van der Waals surface area contributed by atoms with Gasteiger partial charge in [-0.2, -0.15) is 0 Å². The first-order valence-corrected chi connectivity index (χ1v) is 9.93. The highest BCUT2D eigenvalue weighted by Crippen LogP contribution is 2.35. The van der Waals surface area contributed by atoms with Gasteiger partial charge in [-0.25, -0.2) is 0 Å². The Labute approximate surface area is 160 Å². The molecule has 2 aliphatic rings. The van der Waals surface area contributed by atoms with E-state index in [0.29, 0.717) is 18.9 Å². The quantitative estimate of drug-likeness (QED) is 0.882. The summed E-state index contributed by atoms with van der Waals surface area (Å²) in [6.07, 6.45) is 4.87. The molecule has 2 amide bonds. The van der Waals surface area contributed by atoms with Crippen LogP contribution in [0.15, 0.2) is 48.5 Å². The van der Waals surface area contributed by atoms with E-state index in [1.165, 1.54) is 11.1 Å². The standard InChI is InChI=1S/C23H26N2O2/c26-22(15-20-12-11-18-5-1-2-6-21(18)20)24-16-17-7-9-19(10-8-17)23(27)25-13-3-4-14-25/h1-2,5-10,20H,3-4,11-16H2,(H,24,26)/t20-/m0/s1. The van der Waals surface area contributed by atoms with E-state index in [1.54, 1.807) is 0 Å². The molecular formula is C23H26N2O2. The maximum Gasteiger partial charge on any atom is 0.253 e. The molecule has 2 aromatic carbocycles. The van der Waals surface area contributed by atoms with Gasteiger partial charge in [-0.3, -0.25) is 9.59 Å². The monoisotopic (exact) mass is 362 g/mol. The Morgan fingerprint density at radius 1 is 1.00 bits per heavy atom. The lowest BCUT2D eigenvalue weighted by molar-refractivity contribution is -0.121. The first kappa shape index (κ1) is 17.8. The number of aryl methyl sites for hydroxylation is 1. The Balaban J connectivity index is 1.28. The van der Waals surface area contributed by atoms with Gasteiger partial charge in [0.15, 0.2) is 0 Å². The predicted octanol–water partition coefficient (Wildman–Crippen LogP) is 3.66. The highest BCUT2D eigenvalue weighted by Gasteiger charge is 2.24. The number of hydrogen-bond acceptors (Lipinski definition) is 2. The van der Waals surface area contributed by atoms with Gasteiger partial charge in [-0.15, -0.1) is 0 Å². The van der Waals surface area contributed by atoms with Crippen LogP contribution in [-0.2, 0) is 17.8 Å². The third kappa shape index (κ3) is 4.05. The van der Waals surface area contributed by atoms with Gasteiger partial charge < -0.3 is 10.2 Å². The molecule has 4 heteroatoms. The van der Waals surface area contributed by atoms with Crippen molar-refractivity contribution in [2.75, 3.05) is 13.1 Å². The summed E-state index contributed by atoms with van der Waals surface area (Å²) >= 11 is 0. The average Bonchev–Trinajstić information content (AvgIpc) is 3.37. The van der Waals surface area contributed by atoms with E-state index in [0.717, 1.165) is 49.9 Å². The van der Waals surface area contributed by atoms with E-state index in [4.69, 9.17) is 0 Å². The van der Waals surface area contributed by atoms with Crippen LogP contribution in [0.2, 0.25) is 0 Å². The normalized spacial score (nSPS) is 18.4. The summed E-state index contributed by atoms with van der Waals surface area (Å²) in [7, 11) is 0. The van der Waals surface area contributed by atoms with Crippen LogP contribution in [0.25, 0.3) is 0 Å². The third-order valence-corrected chi connectivity index (χ3v) is 5.77. The molecule has 1 saturated heterocycles. The Morgan fingerprint density at radius 2 is 1.74 bits per heavy atom. The molecule has 1 atom stereocenters. The van der Waals surface area contributed by atoms with E-state index < -0.39 is 0 Å². The highest BCUT2D eigenvalue weighted by molar-refractivity contribution is 5.94. The smallest absolute Gasteiger partial charge is 0.253 e. The molecule has 1 aliphatic carbocycles. The molecule has 0 aromatic heterocycles. The van der Waals surface area contributed by atoms with Crippen molar-refractivity contribution in [1.29, 1.82) is 0 Å². The molecular weight excluding hydrogens is 336 g/mol. The second-order valence-electron chi connectivity index (χ2n) is 7.61. The van der Waals surface area contributed by atoms with Gasteiger partial charge in [0.25, 0.3) is 5.91 Å². The summed E-state index contributed by atoms with van der Waals surface area (Å²) in [5, 5.41) is 3.03. The first-order valence-electron chi connectivity index (χ1n) is 9.93. The number of likely N-dealkylation sites (tertiary alicyclic amines) is 1. The second-order valence-corrected chi connectivity index (χ2v) is 7.61. The van der Waals surface area contributed by atoms with Gasteiger partial charge in [0.05, 0.1) is 0 Å². The van der Waals surface area contributed by atoms with Crippen molar-refractivity contribution in [2.24, 2.45) is 0 Å². The fraction of sp³-hybridized carbons (Fsp3) is 0.391. The van der Waals surface area contributed by atoms with E-state index in [2.05, 4.69) is 29.6 Å². The fourth-order valence-corrected chi connectivity index (χ4v) is 4.22. The molecule has 0 radical (unpaired) electrons. The molecule has 1 heterocycles. The number of amides is 2. The summed E-state index contributed by atoms with van der Waals surface area (Å²) in [5.41, 5.74) is 4.47. The maximum absolute atomic E-state index is 12.4. The predicted molar refractivity (Wildman–Crippen MR) is 106 cm³/mol. The number of fused-ring (bicyclic) bond motifs is 1. The molecule has 1 aliphatic heterocycles. The Kier molecular flexibility index (Phi) is 5.23. The number of carbonyl (C=O) groups excluding carboxylic acids is 2. The molecule has 27 heavy (non-hydrogen) atoms. The summed E-state index contributed by atoms with van der Waals surface area (Å²) < 4.78 is 0. The summed E-state index contributed by atoms with van der Waals surface area (Å²) in [5.74, 6) is 0.540. The number of nitrogens with zero attached hydrogens (tertiary/aromatic N) is 1. The molecule has 4 nitrogen and oxygen atoms in total. The van der Waals surface area contributed by atoms with Crippen molar-refractivity contribution >= 4 is 11.8 Å². The second kappa shape index (κ2) is 7.95. The van der Waals surface area contributed by atoms with Gasteiger partial charge in [0, 0.05) is 31.6 Å². The van der Waals surface area contributed by atoms with Crippen molar-refractivity contribution < 1.29 is 9.59 Å². The molecule has 0 saturated carbocycles. The molecule has 0 spiro atoms. The SMILES string of the molecule is O=C(C[C@@H]1CCc2ccccc21)NCc1ccc(C(=O)N2CCCC2)cc1. The van der Waals surface area contributed by atoms with Crippen LogP contribution < -0.4 is 5.32 Å². The number of benzene rings is 2. The summed E-state index contributed by atoms with van der Waals surface area (Å²) in [6, 6.07) is 16.1. The number of rotatable bonds is 5. The van der Waals surface area contributed by atoms with Gasteiger partial charge >= 0.3 is 0 Å². The van der Waals surface area contributed by atoms with Crippen LogP contribution in [0.4, 0.5) is 0 Å². The van der Waals surface area contributed by atoms with Gasteiger partial charge in [0.1, 0.15) is 0 Å². The minimum absolute atomic E-state index is 0.0916. The highest BCUT2D eigenvalue weighted by atomic mass is 16.2. The van der Waals surface area contributed by atoms with Crippen molar-refractivity contribution in [3.63, 3.8) is 0 Å². The van der Waals surface area contributed by atoms with Gasteiger partial charge in [-0.1, -0.05) is 36.4 Å². The zero-order valence-corrected chi connectivity index (χ0v) is 15.6. The minimum Gasteiger partial charge on any atom is -0.352 e. The Bertz CT molecular complexity index is 823. The van der Waals surface area contributed by atoms with Crippen molar-refractivity contribution in [2.45, 2.75) is 44.6 Å². The Hall–Kier alpha value is -2.62. The maximum atomic E-state index is 12.4. The number of carbonyl (C=O) groups is 2. The lowest BCUT2D eigenvalue weighted by Gasteiger charge is -2.15. The zero-order chi connectivity index (χ0) is 18.6. The van der Waals surface area contributed by atoms with Gasteiger partial charge in [0.2, 0.25) is 5.91 Å². The van der Waals surface area contributed by atoms with E-state index in [-0.39, 0.29) is 11.8 Å². The third-order valence-electron chi connectivity index (χ3n) is 5.77. The first-order chi connectivity index (χ1) is 13.2. The molecule has 4 rings (SSSR count). The molecule has 2 aromatic rings. The number of nitrogens with one attached hydrogen (secondary N) is 1. The van der Waals surface area contributed by atoms with Crippen LogP contribution in [0.1, 0.15) is 58.6 Å². The van der Waals surface area contributed by atoms with Crippen LogP contribution in [0, 0.1) is 0 Å². The molecule has 0 bridgehead atoms. The fourth-order valence-electron chi connectivity index (χ4n) is 4.22. The van der Waals surface area contributed by atoms with Crippen molar-refractivity contribution in [3.05, 3.63) is 70.8 Å².